The van der Waals surface area contributed by atoms with Crippen LogP contribution >= 0.6 is 0 Å². The number of carboxylic acid groups (broad SMARTS) is 2. The molecule has 0 unspecified atom stereocenters. The number of ether oxygens (including phenoxy) is 1. The Bertz CT molecular complexity index is 554. The van der Waals surface area contributed by atoms with Crippen molar-refractivity contribution in [2.75, 3.05) is 7.11 Å². The van der Waals surface area contributed by atoms with E-state index in [4.69, 9.17) is 14.9 Å². The van der Waals surface area contributed by atoms with Crippen molar-refractivity contribution < 1.29 is 33.7 Å². The SMILES string of the molecule is COc1ccc([C@H](CC(=O)O)CC(=O)CC(=O)O)cc1F. The lowest BCUT2D eigenvalue weighted by Crippen LogP contribution is -2.14. The van der Waals surface area contributed by atoms with Gasteiger partial charge < -0.3 is 14.9 Å². The summed E-state index contributed by atoms with van der Waals surface area (Å²) in [5.41, 5.74) is 0.314. The molecular weight excluding hydrogens is 283 g/mol. The highest BCUT2D eigenvalue weighted by atomic mass is 19.1. The van der Waals surface area contributed by atoms with Gasteiger partial charge in [-0.3, -0.25) is 14.4 Å². The number of benzene rings is 1. The number of hydrogen-bond acceptors (Lipinski definition) is 4. The third-order valence-electron chi connectivity index (χ3n) is 2.89. The van der Waals surface area contributed by atoms with Crippen LogP contribution in [0.1, 0.15) is 30.7 Å². The van der Waals surface area contributed by atoms with Crippen LogP contribution in [0.2, 0.25) is 0 Å². The first kappa shape index (κ1) is 16.6. The van der Waals surface area contributed by atoms with Gasteiger partial charge in [0.05, 0.1) is 13.5 Å². The van der Waals surface area contributed by atoms with Gasteiger partial charge in [0, 0.05) is 12.3 Å². The summed E-state index contributed by atoms with van der Waals surface area (Å²) in [6.45, 7) is 0. The number of methoxy groups -OCH3 is 1. The minimum Gasteiger partial charge on any atom is -0.494 e. The Hall–Kier alpha value is -2.44. The minimum absolute atomic E-state index is 0.00434. The molecule has 0 amide bonds. The summed E-state index contributed by atoms with van der Waals surface area (Å²) < 4.78 is 18.4. The van der Waals surface area contributed by atoms with Crippen molar-refractivity contribution in [2.24, 2.45) is 0 Å². The molecule has 7 heteroatoms. The molecular formula is C14H15FO6. The van der Waals surface area contributed by atoms with E-state index in [-0.39, 0.29) is 12.2 Å². The van der Waals surface area contributed by atoms with Crippen LogP contribution in [0.3, 0.4) is 0 Å². The molecule has 21 heavy (non-hydrogen) atoms. The van der Waals surface area contributed by atoms with Crippen LogP contribution in [0.5, 0.6) is 5.75 Å². The number of halogens is 1. The van der Waals surface area contributed by atoms with E-state index in [0.717, 1.165) is 6.07 Å². The molecule has 1 aromatic rings. The van der Waals surface area contributed by atoms with E-state index in [0.29, 0.717) is 5.56 Å². The molecule has 0 spiro atoms. The molecule has 0 fully saturated rings. The van der Waals surface area contributed by atoms with E-state index in [1.807, 2.05) is 0 Å². The van der Waals surface area contributed by atoms with E-state index in [9.17, 15) is 18.8 Å². The van der Waals surface area contributed by atoms with Gasteiger partial charge in [0.2, 0.25) is 0 Å². The molecule has 0 heterocycles. The predicted molar refractivity (Wildman–Crippen MR) is 69.8 cm³/mol. The molecule has 0 radical (unpaired) electrons. The zero-order valence-corrected chi connectivity index (χ0v) is 11.3. The number of rotatable bonds is 8. The maximum Gasteiger partial charge on any atom is 0.310 e. The molecule has 1 aromatic carbocycles. The van der Waals surface area contributed by atoms with E-state index in [1.165, 1.54) is 19.2 Å². The Morgan fingerprint density at radius 3 is 2.33 bits per heavy atom. The number of Topliss-reactive ketones (excluding diaryl/α,β-unsaturated/α-hetero) is 1. The molecule has 1 atom stereocenters. The van der Waals surface area contributed by atoms with Gasteiger partial charge in [-0.2, -0.15) is 0 Å². The van der Waals surface area contributed by atoms with Gasteiger partial charge in [-0.1, -0.05) is 6.07 Å². The molecule has 114 valence electrons. The highest BCUT2D eigenvalue weighted by molar-refractivity contribution is 5.95. The normalized spacial score (nSPS) is 11.7. The fraction of sp³-hybridized carbons (Fsp3) is 0.357. The lowest BCUT2D eigenvalue weighted by molar-refractivity contribution is -0.140. The minimum atomic E-state index is -1.28. The van der Waals surface area contributed by atoms with Gasteiger partial charge in [0.15, 0.2) is 11.6 Å². The summed E-state index contributed by atoms with van der Waals surface area (Å²) in [4.78, 5) is 32.9. The van der Waals surface area contributed by atoms with Crippen LogP contribution in [0.25, 0.3) is 0 Å². The number of ketones is 1. The Labute approximate surface area is 120 Å². The second-order valence-corrected chi connectivity index (χ2v) is 4.50. The quantitative estimate of drug-likeness (QED) is 0.710. The first-order chi connectivity index (χ1) is 9.83. The maximum atomic E-state index is 13.6. The van der Waals surface area contributed by atoms with Gasteiger partial charge in [0.1, 0.15) is 12.2 Å². The van der Waals surface area contributed by atoms with Gasteiger partial charge in [-0.05, 0) is 17.7 Å². The van der Waals surface area contributed by atoms with Crippen LogP contribution < -0.4 is 4.74 Å². The predicted octanol–water partition coefficient (Wildman–Crippen LogP) is 1.83. The van der Waals surface area contributed by atoms with Gasteiger partial charge in [-0.15, -0.1) is 0 Å². The van der Waals surface area contributed by atoms with Crippen molar-refractivity contribution in [3.8, 4) is 5.75 Å². The second-order valence-electron chi connectivity index (χ2n) is 4.50. The molecule has 0 aromatic heterocycles. The van der Waals surface area contributed by atoms with Gasteiger partial charge >= 0.3 is 11.9 Å². The summed E-state index contributed by atoms with van der Waals surface area (Å²) >= 11 is 0. The molecule has 0 aliphatic rings. The first-order valence-corrected chi connectivity index (χ1v) is 6.12. The van der Waals surface area contributed by atoms with Crippen molar-refractivity contribution in [1.82, 2.24) is 0 Å². The molecule has 0 saturated heterocycles. The third-order valence-corrected chi connectivity index (χ3v) is 2.89. The number of carbonyl (C=O) groups excluding carboxylic acids is 1. The smallest absolute Gasteiger partial charge is 0.310 e. The average Bonchev–Trinajstić information content (AvgIpc) is 2.36. The Balaban J connectivity index is 2.96. The molecule has 6 nitrogen and oxygen atoms in total. The van der Waals surface area contributed by atoms with Crippen molar-refractivity contribution in [3.05, 3.63) is 29.6 Å². The van der Waals surface area contributed by atoms with Crippen LogP contribution in [-0.2, 0) is 14.4 Å². The lowest BCUT2D eigenvalue weighted by atomic mass is 9.90. The highest BCUT2D eigenvalue weighted by Crippen LogP contribution is 2.28. The number of aliphatic carboxylic acids is 2. The summed E-state index contributed by atoms with van der Waals surface area (Å²) in [5, 5.41) is 17.4. The maximum absolute atomic E-state index is 13.6. The second kappa shape index (κ2) is 7.37. The average molecular weight is 298 g/mol. The molecule has 2 N–H and O–H groups in total. The van der Waals surface area contributed by atoms with Crippen LogP contribution in [0.4, 0.5) is 4.39 Å². The van der Waals surface area contributed by atoms with E-state index in [2.05, 4.69) is 0 Å². The van der Waals surface area contributed by atoms with Crippen molar-refractivity contribution >= 4 is 17.7 Å². The fourth-order valence-electron chi connectivity index (χ4n) is 1.97. The number of hydrogen-bond donors (Lipinski definition) is 2. The zero-order chi connectivity index (χ0) is 16.0. The largest absolute Gasteiger partial charge is 0.494 e. The van der Waals surface area contributed by atoms with E-state index < -0.39 is 42.3 Å². The van der Waals surface area contributed by atoms with Crippen LogP contribution in [0.15, 0.2) is 18.2 Å². The lowest BCUT2D eigenvalue weighted by Gasteiger charge is -2.15. The third kappa shape index (κ3) is 5.21. The first-order valence-electron chi connectivity index (χ1n) is 6.12. The standard InChI is InChI=1S/C14H15FO6/c1-21-12-3-2-8(5-11(12)15)9(6-13(17)18)4-10(16)7-14(19)20/h2-3,5,9H,4,6-7H2,1H3,(H,17,18)(H,19,20)/t9-/m0/s1. The molecule has 1 rings (SSSR count). The van der Waals surface area contributed by atoms with Crippen molar-refractivity contribution in [3.63, 3.8) is 0 Å². The molecule has 0 bridgehead atoms. The Morgan fingerprint density at radius 1 is 1.19 bits per heavy atom. The molecule has 0 aliphatic heterocycles. The van der Waals surface area contributed by atoms with E-state index >= 15 is 0 Å². The molecule has 0 saturated carbocycles. The van der Waals surface area contributed by atoms with Crippen molar-refractivity contribution in [1.29, 1.82) is 0 Å². The topological polar surface area (TPSA) is 101 Å². The zero-order valence-electron chi connectivity index (χ0n) is 11.3. The van der Waals surface area contributed by atoms with Crippen molar-refractivity contribution in [2.45, 2.75) is 25.2 Å². The Kier molecular flexibility index (Phi) is 5.83. The van der Waals surface area contributed by atoms with Crippen LogP contribution in [0, 0.1) is 5.82 Å². The monoisotopic (exact) mass is 298 g/mol. The van der Waals surface area contributed by atoms with Gasteiger partial charge in [0.25, 0.3) is 0 Å². The fourth-order valence-corrected chi connectivity index (χ4v) is 1.97. The van der Waals surface area contributed by atoms with E-state index in [1.54, 1.807) is 0 Å². The number of carboxylic acids is 2. The highest BCUT2D eigenvalue weighted by Gasteiger charge is 2.21. The summed E-state index contributed by atoms with van der Waals surface area (Å²) in [6.07, 6.45) is -1.35. The summed E-state index contributed by atoms with van der Waals surface area (Å²) in [7, 11) is 1.29. The summed E-state index contributed by atoms with van der Waals surface area (Å²) in [6, 6.07) is 3.89. The molecule has 0 aliphatic carbocycles. The Morgan fingerprint density at radius 2 is 1.86 bits per heavy atom. The van der Waals surface area contributed by atoms with Crippen LogP contribution in [-0.4, -0.2) is 35.0 Å². The van der Waals surface area contributed by atoms with Gasteiger partial charge in [-0.25, -0.2) is 4.39 Å². The summed E-state index contributed by atoms with van der Waals surface area (Å²) in [5.74, 6) is -4.49. The number of carbonyl (C=O) groups is 3.